The van der Waals surface area contributed by atoms with E-state index in [1.54, 1.807) is 25.6 Å². The average molecular weight is 376 g/mol. The first-order valence-corrected chi connectivity index (χ1v) is 9.54. The second kappa shape index (κ2) is 9.48. The van der Waals surface area contributed by atoms with Crippen LogP contribution in [0.3, 0.4) is 0 Å². The van der Waals surface area contributed by atoms with E-state index >= 15 is 0 Å². The molecule has 1 heterocycles. The van der Waals surface area contributed by atoms with Crippen LogP contribution in [0.2, 0.25) is 0 Å². The van der Waals surface area contributed by atoms with E-state index in [1.807, 2.05) is 26.2 Å². The zero-order chi connectivity index (χ0) is 19.1. The number of nitrogens with one attached hydrogen (secondary N) is 1. The summed E-state index contributed by atoms with van der Waals surface area (Å²) in [6.45, 7) is 5.90. The fraction of sp³-hybridized carbons (Fsp3) is 0.450. The van der Waals surface area contributed by atoms with E-state index in [0.29, 0.717) is 5.92 Å². The number of guanidine groups is 1. The highest BCUT2D eigenvalue weighted by molar-refractivity contribution is 7.10. The maximum absolute atomic E-state index is 5.43. The van der Waals surface area contributed by atoms with E-state index in [1.165, 1.54) is 10.4 Å². The van der Waals surface area contributed by atoms with Crippen LogP contribution in [0.4, 0.5) is 0 Å². The van der Waals surface area contributed by atoms with Gasteiger partial charge in [-0.25, -0.2) is 0 Å². The van der Waals surface area contributed by atoms with Crippen LogP contribution in [0, 0.1) is 6.92 Å². The first-order chi connectivity index (χ1) is 12.5. The molecular weight excluding hydrogens is 346 g/mol. The predicted octanol–water partition coefficient (Wildman–Crippen LogP) is 3.88. The number of rotatable bonds is 7. The van der Waals surface area contributed by atoms with Crippen LogP contribution in [0.15, 0.2) is 34.6 Å². The molecule has 26 heavy (non-hydrogen) atoms. The lowest BCUT2D eigenvalue weighted by Crippen LogP contribution is -2.40. The van der Waals surface area contributed by atoms with Gasteiger partial charge in [0.1, 0.15) is 0 Å². The van der Waals surface area contributed by atoms with E-state index in [-0.39, 0.29) is 0 Å². The lowest BCUT2D eigenvalue weighted by Gasteiger charge is -2.24. The Hall–Kier alpha value is -2.21. The molecule has 0 amide bonds. The topological polar surface area (TPSA) is 46.1 Å². The van der Waals surface area contributed by atoms with Crippen molar-refractivity contribution in [2.75, 3.05) is 34.9 Å². The zero-order valence-corrected chi connectivity index (χ0v) is 17.3. The minimum Gasteiger partial charge on any atom is -0.493 e. The Morgan fingerprint density at radius 2 is 1.96 bits per heavy atom. The van der Waals surface area contributed by atoms with Gasteiger partial charge in [-0.15, -0.1) is 11.3 Å². The molecule has 142 valence electrons. The zero-order valence-electron chi connectivity index (χ0n) is 16.5. The molecule has 1 aromatic heterocycles. The maximum atomic E-state index is 5.43. The van der Waals surface area contributed by atoms with Gasteiger partial charge >= 0.3 is 0 Å². The molecule has 6 heteroatoms. The van der Waals surface area contributed by atoms with Gasteiger partial charge in [0.25, 0.3) is 0 Å². The molecule has 0 bridgehead atoms. The Kier molecular flexibility index (Phi) is 7.33. The molecular formula is C20H29N3O2S. The Balaban J connectivity index is 2.04. The van der Waals surface area contributed by atoms with Crippen LogP contribution < -0.4 is 14.8 Å². The van der Waals surface area contributed by atoms with Crippen LogP contribution in [-0.4, -0.2) is 45.7 Å². The van der Waals surface area contributed by atoms with Crippen molar-refractivity contribution in [3.05, 3.63) is 45.6 Å². The molecule has 0 aliphatic heterocycles. The molecule has 0 aliphatic rings. The summed E-state index contributed by atoms with van der Waals surface area (Å²) >= 11 is 1.79. The number of hydrogen-bond acceptors (Lipinski definition) is 4. The largest absolute Gasteiger partial charge is 0.493 e. The third-order valence-electron chi connectivity index (χ3n) is 4.42. The Bertz CT molecular complexity index is 729. The van der Waals surface area contributed by atoms with Crippen molar-refractivity contribution >= 4 is 17.3 Å². The van der Waals surface area contributed by atoms with Gasteiger partial charge in [0.2, 0.25) is 0 Å². The molecule has 1 N–H and O–H groups in total. The van der Waals surface area contributed by atoms with E-state index < -0.39 is 0 Å². The summed E-state index contributed by atoms with van der Waals surface area (Å²) in [6.07, 6.45) is 0. The van der Waals surface area contributed by atoms with Gasteiger partial charge in [0, 0.05) is 38.0 Å². The highest BCUT2D eigenvalue weighted by Gasteiger charge is 2.14. The van der Waals surface area contributed by atoms with Crippen molar-refractivity contribution in [3.63, 3.8) is 0 Å². The van der Waals surface area contributed by atoms with Crippen LogP contribution in [0.1, 0.15) is 28.8 Å². The van der Waals surface area contributed by atoms with Crippen molar-refractivity contribution in [1.29, 1.82) is 0 Å². The smallest absolute Gasteiger partial charge is 0.193 e. The molecule has 5 nitrogen and oxygen atoms in total. The average Bonchev–Trinajstić information content (AvgIpc) is 3.18. The number of methoxy groups -OCH3 is 2. The molecule has 1 atom stereocenters. The van der Waals surface area contributed by atoms with E-state index in [0.717, 1.165) is 36.1 Å². The van der Waals surface area contributed by atoms with Crippen LogP contribution >= 0.6 is 11.3 Å². The lowest BCUT2D eigenvalue weighted by atomic mass is 10.1. The first-order valence-electron chi connectivity index (χ1n) is 8.66. The number of thiophene rings is 1. The van der Waals surface area contributed by atoms with E-state index in [2.05, 4.69) is 46.6 Å². The quantitative estimate of drug-likeness (QED) is 0.589. The van der Waals surface area contributed by atoms with Gasteiger partial charge in [-0.1, -0.05) is 13.0 Å². The molecule has 0 saturated heterocycles. The van der Waals surface area contributed by atoms with Crippen LogP contribution in [-0.2, 0) is 6.54 Å². The molecule has 1 aromatic carbocycles. The summed E-state index contributed by atoms with van der Waals surface area (Å²) in [4.78, 5) is 7.92. The molecule has 2 aromatic rings. The number of nitrogens with zero attached hydrogens (tertiary/aromatic N) is 2. The summed E-state index contributed by atoms with van der Waals surface area (Å²) in [5.41, 5.74) is 2.34. The molecule has 0 aliphatic carbocycles. The molecule has 0 radical (unpaired) electrons. The summed E-state index contributed by atoms with van der Waals surface area (Å²) in [5, 5.41) is 5.59. The molecule has 0 saturated carbocycles. The Morgan fingerprint density at radius 1 is 1.27 bits per heavy atom. The SMILES string of the molecule is CN=C(NCC(C)c1cccs1)N(C)Cc1cc(OC)c(OC)cc1C. The highest BCUT2D eigenvalue weighted by Crippen LogP contribution is 2.30. The molecule has 0 fully saturated rings. The number of ether oxygens (including phenoxy) is 2. The van der Waals surface area contributed by atoms with Crippen molar-refractivity contribution in [3.8, 4) is 11.5 Å². The number of aryl methyl sites for hydroxylation is 1. The van der Waals surface area contributed by atoms with E-state index in [4.69, 9.17) is 9.47 Å². The number of hydrogen-bond donors (Lipinski definition) is 1. The molecule has 2 rings (SSSR count). The Labute approximate surface area is 160 Å². The minimum atomic E-state index is 0.447. The molecule has 1 unspecified atom stereocenters. The minimum absolute atomic E-state index is 0.447. The van der Waals surface area contributed by atoms with Gasteiger partial charge in [-0.3, -0.25) is 4.99 Å². The van der Waals surface area contributed by atoms with Crippen molar-refractivity contribution < 1.29 is 9.47 Å². The second-order valence-corrected chi connectivity index (χ2v) is 7.31. The van der Waals surface area contributed by atoms with Gasteiger partial charge < -0.3 is 19.7 Å². The van der Waals surface area contributed by atoms with Crippen LogP contribution in [0.5, 0.6) is 11.5 Å². The van der Waals surface area contributed by atoms with Crippen molar-refractivity contribution in [1.82, 2.24) is 10.2 Å². The third kappa shape index (κ3) is 4.91. The van der Waals surface area contributed by atoms with Gasteiger partial charge in [-0.2, -0.15) is 0 Å². The summed E-state index contributed by atoms with van der Waals surface area (Å²) in [7, 11) is 7.17. The molecule has 0 spiro atoms. The second-order valence-electron chi connectivity index (χ2n) is 6.33. The number of benzene rings is 1. The predicted molar refractivity (Wildman–Crippen MR) is 110 cm³/mol. The van der Waals surface area contributed by atoms with Crippen molar-refractivity contribution in [2.24, 2.45) is 4.99 Å². The fourth-order valence-electron chi connectivity index (χ4n) is 2.82. The summed E-state index contributed by atoms with van der Waals surface area (Å²) in [6, 6.07) is 8.32. The van der Waals surface area contributed by atoms with Gasteiger partial charge in [-0.05, 0) is 41.6 Å². The third-order valence-corrected chi connectivity index (χ3v) is 5.52. The first kappa shape index (κ1) is 20.1. The van der Waals surface area contributed by atoms with Gasteiger partial charge in [0.15, 0.2) is 17.5 Å². The monoisotopic (exact) mass is 375 g/mol. The van der Waals surface area contributed by atoms with Crippen molar-refractivity contribution in [2.45, 2.75) is 26.3 Å². The Morgan fingerprint density at radius 3 is 2.54 bits per heavy atom. The number of aliphatic imine (C=N–C) groups is 1. The highest BCUT2D eigenvalue weighted by atomic mass is 32.1. The fourth-order valence-corrected chi connectivity index (χ4v) is 3.61. The standard InChI is InChI=1S/C20H29N3O2S/c1-14-10-17(24-5)18(25-6)11-16(14)13-23(4)20(21-3)22-12-15(2)19-8-7-9-26-19/h7-11,15H,12-13H2,1-6H3,(H,21,22). The maximum Gasteiger partial charge on any atom is 0.193 e. The summed E-state index contributed by atoms with van der Waals surface area (Å²) < 4.78 is 10.8. The summed E-state index contributed by atoms with van der Waals surface area (Å²) in [5.74, 6) is 2.82. The van der Waals surface area contributed by atoms with E-state index in [9.17, 15) is 0 Å². The lowest BCUT2D eigenvalue weighted by molar-refractivity contribution is 0.353. The van der Waals surface area contributed by atoms with Gasteiger partial charge in [0.05, 0.1) is 14.2 Å². The normalized spacial score (nSPS) is 12.6. The van der Waals surface area contributed by atoms with Crippen LogP contribution in [0.25, 0.3) is 0 Å².